The van der Waals surface area contributed by atoms with Crippen LogP contribution in [-0.2, 0) is 4.79 Å². The van der Waals surface area contributed by atoms with E-state index in [4.69, 9.17) is 5.73 Å². The Kier molecular flexibility index (Phi) is 4.16. The number of aryl methyl sites for hydroxylation is 1. The molecule has 2 rings (SSSR count). The number of aromatic nitrogens is 1. The molecule has 0 aliphatic rings. The smallest absolute Gasteiger partial charge is 0.244 e. The zero-order valence-electron chi connectivity index (χ0n) is 10.4. The molecule has 4 nitrogen and oxygen atoms in total. The molecule has 3 N–H and O–H groups in total. The lowest BCUT2D eigenvalue weighted by Gasteiger charge is -2.18. The van der Waals surface area contributed by atoms with Crippen molar-refractivity contribution in [3.63, 3.8) is 0 Å². The summed E-state index contributed by atoms with van der Waals surface area (Å²) in [6, 6.07) is 8.84. The van der Waals surface area contributed by atoms with Crippen LogP contribution >= 0.6 is 15.9 Å². The normalized spacial score (nSPS) is 11.9. The van der Waals surface area contributed by atoms with Crippen molar-refractivity contribution in [3.8, 4) is 0 Å². The van der Waals surface area contributed by atoms with E-state index in [-0.39, 0.29) is 0 Å². The number of hydrogen-bond donors (Lipinski definition) is 2. The highest BCUT2D eigenvalue weighted by molar-refractivity contribution is 9.10. The van der Waals surface area contributed by atoms with Crippen LogP contribution in [0.15, 0.2) is 47.2 Å². The van der Waals surface area contributed by atoms with Crippen LogP contribution in [0.1, 0.15) is 17.2 Å². The van der Waals surface area contributed by atoms with Crippen LogP contribution in [-0.4, -0.2) is 10.9 Å². The first kappa shape index (κ1) is 13.5. The van der Waals surface area contributed by atoms with Gasteiger partial charge in [0.25, 0.3) is 0 Å². The van der Waals surface area contributed by atoms with Crippen LogP contribution in [0.5, 0.6) is 0 Å². The first-order chi connectivity index (χ1) is 9.08. The molecule has 0 aliphatic heterocycles. The number of halogens is 1. The maximum absolute atomic E-state index is 11.7. The number of rotatable bonds is 4. The van der Waals surface area contributed by atoms with E-state index in [1.165, 1.54) is 0 Å². The Balaban J connectivity index is 2.32. The van der Waals surface area contributed by atoms with E-state index < -0.39 is 11.9 Å². The van der Waals surface area contributed by atoms with Gasteiger partial charge in [-0.1, -0.05) is 22.0 Å². The van der Waals surface area contributed by atoms with Crippen molar-refractivity contribution in [2.75, 3.05) is 5.32 Å². The molecule has 1 amide bonds. The largest absolute Gasteiger partial charge is 0.370 e. The van der Waals surface area contributed by atoms with Gasteiger partial charge in [-0.15, -0.1) is 0 Å². The van der Waals surface area contributed by atoms with E-state index in [1.807, 2.05) is 37.3 Å². The minimum absolute atomic E-state index is 0.434. The summed E-state index contributed by atoms with van der Waals surface area (Å²) < 4.78 is 0.934. The standard InChI is InChI=1S/C14H14BrN3O/c1-9-5-6-17-8-12(9)13(14(16)19)18-11-4-2-3-10(15)7-11/h2-8,13,18H,1H3,(H2,16,19). The number of nitrogens with one attached hydrogen (secondary N) is 1. The number of anilines is 1. The van der Waals surface area contributed by atoms with Crippen LogP contribution in [0.3, 0.4) is 0 Å². The lowest BCUT2D eigenvalue weighted by Crippen LogP contribution is -2.28. The predicted octanol–water partition coefficient (Wildman–Crippen LogP) is 2.79. The molecule has 0 saturated carbocycles. The average Bonchev–Trinajstić information content (AvgIpc) is 2.37. The number of carbonyl (C=O) groups is 1. The van der Waals surface area contributed by atoms with Crippen molar-refractivity contribution in [1.29, 1.82) is 0 Å². The SMILES string of the molecule is Cc1ccncc1C(Nc1cccc(Br)c1)C(N)=O. The Morgan fingerprint density at radius 2 is 2.21 bits per heavy atom. The summed E-state index contributed by atoms with van der Waals surface area (Å²) in [6.07, 6.45) is 3.35. The summed E-state index contributed by atoms with van der Waals surface area (Å²) in [6.45, 7) is 1.93. The second kappa shape index (κ2) is 5.84. The van der Waals surface area contributed by atoms with Gasteiger partial charge >= 0.3 is 0 Å². The molecule has 1 aromatic carbocycles. The Bertz CT molecular complexity index is 601. The van der Waals surface area contributed by atoms with Gasteiger partial charge in [0.1, 0.15) is 6.04 Å². The predicted molar refractivity (Wildman–Crippen MR) is 78.7 cm³/mol. The molecule has 0 bridgehead atoms. The fourth-order valence-corrected chi connectivity index (χ4v) is 2.22. The Hall–Kier alpha value is -1.88. The average molecular weight is 320 g/mol. The highest BCUT2D eigenvalue weighted by Gasteiger charge is 2.19. The molecule has 1 atom stereocenters. The third-order valence-corrected chi connectivity index (χ3v) is 3.30. The zero-order chi connectivity index (χ0) is 13.8. The van der Waals surface area contributed by atoms with Crippen LogP contribution < -0.4 is 11.1 Å². The van der Waals surface area contributed by atoms with Gasteiger partial charge in [0, 0.05) is 28.1 Å². The fraction of sp³-hybridized carbons (Fsp3) is 0.143. The first-order valence-corrected chi connectivity index (χ1v) is 6.59. The Morgan fingerprint density at radius 3 is 2.84 bits per heavy atom. The third kappa shape index (κ3) is 3.32. The third-order valence-electron chi connectivity index (χ3n) is 2.81. The molecule has 0 aliphatic carbocycles. The van der Waals surface area contributed by atoms with E-state index in [0.29, 0.717) is 0 Å². The van der Waals surface area contributed by atoms with E-state index in [9.17, 15) is 4.79 Å². The molecule has 5 heteroatoms. The van der Waals surface area contributed by atoms with Crippen LogP contribution in [0.4, 0.5) is 5.69 Å². The number of amides is 1. The van der Waals surface area contributed by atoms with Crippen LogP contribution in [0.2, 0.25) is 0 Å². The second-order valence-electron chi connectivity index (χ2n) is 4.22. The van der Waals surface area contributed by atoms with Gasteiger partial charge in [-0.05, 0) is 36.8 Å². The maximum atomic E-state index is 11.7. The van der Waals surface area contributed by atoms with Crippen molar-refractivity contribution in [2.24, 2.45) is 5.73 Å². The minimum atomic E-state index is -0.594. The van der Waals surface area contributed by atoms with Gasteiger partial charge in [-0.2, -0.15) is 0 Å². The molecule has 0 fully saturated rings. The van der Waals surface area contributed by atoms with Crippen LogP contribution in [0, 0.1) is 6.92 Å². The molecule has 98 valence electrons. The molecular formula is C14H14BrN3O. The quantitative estimate of drug-likeness (QED) is 0.910. The molecular weight excluding hydrogens is 306 g/mol. The zero-order valence-corrected chi connectivity index (χ0v) is 12.0. The molecule has 2 aromatic rings. The van der Waals surface area contributed by atoms with E-state index >= 15 is 0 Å². The number of pyridine rings is 1. The monoisotopic (exact) mass is 319 g/mol. The highest BCUT2D eigenvalue weighted by Crippen LogP contribution is 2.23. The fourth-order valence-electron chi connectivity index (χ4n) is 1.83. The Morgan fingerprint density at radius 1 is 1.42 bits per heavy atom. The van der Waals surface area contributed by atoms with Gasteiger partial charge in [0.2, 0.25) is 5.91 Å². The minimum Gasteiger partial charge on any atom is -0.370 e. The number of hydrogen-bond acceptors (Lipinski definition) is 3. The lowest BCUT2D eigenvalue weighted by molar-refractivity contribution is -0.118. The van der Waals surface area contributed by atoms with Gasteiger partial charge in [0.15, 0.2) is 0 Å². The van der Waals surface area contributed by atoms with Crippen LogP contribution in [0.25, 0.3) is 0 Å². The van der Waals surface area contributed by atoms with Gasteiger partial charge < -0.3 is 11.1 Å². The molecule has 0 saturated heterocycles. The number of nitrogens with two attached hydrogens (primary N) is 1. The summed E-state index contributed by atoms with van der Waals surface area (Å²) >= 11 is 3.39. The Labute approximate surface area is 120 Å². The number of benzene rings is 1. The summed E-state index contributed by atoms with van der Waals surface area (Å²) in [4.78, 5) is 15.7. The second-order valence-corrected chi connectivity index (χ2v) is 5.14. The van der Waals surface area contributed by atoms with Crippen molar-refractivity contribution < 1.29 is 4.79 Å². The maximum Gasteiger partial charge on any atom is 0.244 e. The topological polar surface area (TPSA) is 68.0 Å². The van der Waals surface area contributed by atoms with Crippen molar-refractivity contribution >= 4 is 27.5 Å². The molecule has 19 heavy (non-hydrogen) atoms. The van der Waals surface area contributed by atoms with Gasteiger partial charge in [-0.3, -0.25) is 9.78 Å². The van der Waals surface area contributed by atoms with Crippen molar-refractivity contribution in [2.45, 2.75) is 13.0 Å². The summed E-state index contributed by atoms with van der Waals surface area (Å²) in [5, 5.41) is 3.13. The first-order valence-electron chi connectivity index (χ1n) is 5.80. The van der Waals surface area contributed by atoms with Gasteiger partial charge in [-0.25, -0.2) is 0 Å². The molecule has 1 aromatic heterocycles. The van der Waals surface area contributed by atoms with E-state index in [1.54, 1.807) is 12.4 Å². The lowest BCUT2D eigenvalue weighted by atomic mass is 10.0. The molecule has 1 heterocycles. The molecule has 0 radical (unpaired) electrons. The van der Waals surface area contributed by atoms with E-state index in [0.717, 1.165) is 21.3 Å². The summed E-state index contributed by atoms with van der Waals surface area (Å²) in [5.41, 5.74) is 8.06. The molecule has 0 spiro atoms. The summed E-state index contributed by atoms with van der Waals surface area (Å²) in [5.74, 6) is -0.434. The number of carbonyl (C=O) groups excluding carboxylic acids is 1. The number of nitrogens with zero attached hydrogens (tertiary/aromatic N) is 1. The van der Waals surface area contributed by atoms with E-state index in [2.05, 4.69) is 26.2 Å². The van der Waals surface area contributed by atoms with Gasteiger partial charge in [0.05, 0.1) is 0 Å². The number of primary amides is 1. The summed E-state index contributed by atoms with van der Waals surface area (Å²) in [7, 11) is 0. The molecule has 1 unspecified atom stereocenters. The highest BCUT2D eigenvalue weighted by atomic mass is 79.9. The van der Waals surface area contributed by atoms with Crippen molar-refractivity contribution in [1.82, 2.24) is 4.98 Å². The van der Waals surface area contributed by atoms with Crippen molar-refractivity contribution in [3.05, 3.63) is 58.3 Å².